The molecule has 1 atom stereocenters. The summed E-state index contributed by atoms with van der Waals surface area (Å²) in [6, 6.07) is 5.86. The van der Waals surface area contributed by atoms with Gasteiger partial charge in [0.1, 0.15) is 0 Å². The van der Waals surface area contributed by atoms with E-state index in [0.29, 0.717) is 43.4 Å². The molecule has 0 spiro atoms. The van der Waals surface area contributed by atoms with E-state index in [1.54, 1.807) is 6.07 Å². The smallest absolute Gasteiger partial charge is 0.378 e. The van der Waals surface area contributed by atoms with Gasteiger partial charge < -0.3 is 20.7 Å². The van der Waals surface area contributed by atoms with Gasteiger partial charge in [0.05, 0.1) is 30.9 Å². The van der Waals surface area contributed by atoms with Crippen molar-refractivity contribution < 1.29 is 31.9 Å². The number of aromatic nitrogens is 2. The van der Waals surface area contributed by atoms with Crippen molar-refractivity contribution in [1.82, 2.24) is 15.3 Å². The summed E-state index contributed by atoms with van der Waals surface area (Å²) < 4.78 is 60.9. The fraction of sp³-hybridized carbons (Fsp3) is 0.333. The Morgan fingerprint density at radius 3 is 2.36 bits per heavy atom. The van der Waals surface area contributed by atoms with Gasteiger partial charge in [-0.05, 0) is 17.2 Å². The van der Waals surface area contributed by atoms with Gasteiger partial charge in [-0.25, -0.2) is 14.4 Å². The van der Waals surface area contributed by atoms with E-state index in [0.717, 1.165) is 0 Å². The van der Waals surface area contributed by atoms with Crippen LogP contribution in [-0.2, 0) is 14.3 Å². The minimum atomic E-state index is -5.51. The SMILES string of the molecule is NC(=O)C1=C(c2cccc(-c3cnc(N4CCOCC4)nc3)c2)NC(=O)CC1(F)C(F)(F)F. The van der Waals surface area contributed by atoms with Crippen LogP contribution in [0, 0.1) is 0 Å². The molecular formula is C21H19F4N5O3. The predicted molar refractivity (Wildman–Crippen MR) is 109 cm³/mol. The number of nitrogens with one attached hydrogen (secondary N) is 1. The number of carbonyl (C=O) groups excluding carboxylic acids is 2. The van der Waals surface area contributed by atoms with E-state index in [4.69, 9.17) is 10.5 Å². The number of amides is 2. The second-order valence-electron chi connectivity index (χ2n) is 7.59. The van der Waals surface area contributed by atoms with Gasteiger partial charge in [0.25, 0.3) is 0 Å². The maximum absolute atomic E-state index is 15.0. The summed E-state index contributed by atoms with van der Waals surface area (Å²) in [5.74, 6) is -2.34. The Bertz CT molecular complexity index is 1110. The van der Waals surface area contributed by atoms with Gasteiger partial charge in [0.2, 0.25) is 23.4 Å². The van der Waals surface area contributed by atoms with Crippen molar-refractivity contribution >= 4 is 23.5 Å². The van der Waals surface area contributed by atoms with Crippen molar-refractivity contribution in [1.29, 1.82) is 0 Å². The highest BCUT2D eigenvalue weighted by atomic mass is 19.4. The van der Waals surface area contributed by atoms with Gasteiger partial charge in [0.15, 0.2) is 0 Å². The number of carbonyl (C=O) groups is 2. The molecule has 1 saturated heterocycles. The Balaban J connectivity index is 1.74. The number of halogens is 4. The van der Waals surface area contributed by atoms with Crippen molar-refractivity contribution in [2.24, 2.45) is 5.73 Å². The molecule has 12 heteroatoms. The van der Waals surface area contributed by atoms with E-state index in [2.05, 4.69) is 15.3 Å². The van der Waals surface area contributed by atoms with Gasteiger partial charge in [-0.2, -0.15) is 13.2 Å². The molecule has 3 heterocycles. The van der Waals surface area contributed by atoms with Crippen LogP contribution in [0.5, 0.6) is 0 Å². The number of hydrogen-bond donors (Lipinski definition) is 2. The molecule has 0 saturated carbocycles. The second kappa shape index (κ2) is 8.43. The normalized spacial score (nSPS) is 21.7. The number of anilines is 1. The largest absolute Gasteiger partial charge is 0.427 e. The van der Waals surface area contributed by atoms with E-state index in [1.807, 2.05) is 4.90 Å². The molecule has 2 aliphatic rings. The first kappa shape index (κ1) is 22.6. The average molecular weight is 465 g/mol. The summed E-state index contributed by atoms with van der Waals surface area (Å²) in [5, 5.41) is 2.17. The second-order valence-corrected chi connectivity index (χ2v) is 7.59. The standard InChI is InChI=1S/C21H19F4N5O3/c22-20(21(23,24)25)9-15(31)29-17(16(20)18(26)32)13-3-1-2-12(8-13)14-10-27-19(28-11-14)30-4-6-33-7-5-30/h1-3,8,10-11H,4-7,9H2,(H2,26,32)(H,29,31). The zero-order chi connectivity index (χ0) is 23.8. The number of nitrogens with zero attached hydrogens (tertiary/aromatic N) is 3. The van der Waals surface area contributed by atoms with E-state index in [-0.39, 0.29) is 5.56 Å². The first-order chi connectivity index (χ1) is 15.6. The number of nitrogens with two attached hydrogens (primary N) is 1. The van der Waals surface area contributed by atoms with Crippen molar-refractivity contribution in [3.63, 3.8) is 0 Å². The molecule has 174 valence electrons. The quantitative estimate of drug-likeness (QED) is 0.669. The molecule has 1 unspecified atom stereocenters. The molecule has 3 N–H and O–H groups in total. The third kappa shape index (κ3) is 4.25. The van der Waals surface area contributed by atoms with Gasteiger partial charge in [-0.15, -0.1) is 0 Å². The lowest BCUT2D eigenvalue weighted by Gasteiger charge is -2.34. The van der Waals surface area contributed by atoms with Gasteiger partial charge in [0, 0.05) is 31.0 Å². The molecule has 8 nitrogen and oxygen atoms in total. The Morgan fingerprint density at radius 1 is 1.12 bits per heavy atom. The monoisotopic (exact) mass is 465 g/mol. The number of ether oxygens (including phenoxy) is 1. The minimum Gasteiger partial charge on any atom is -0.378 e. The highest BCUT2D eigenvalue weighted by Gasteiger charge is 2.63. The van der Waals surface area contributed by atoms with Crippen LogP contribution in [0.15, 0.2) is 42.2 Å². The maximum atomic E-state index is 15.0. The van der Waals surface area contributed by atoms with Crippen molar-refractivity contribution in [3.8, 4) is 11.1 Å². The fourth-order valence-corrected chi connectivity index (χ4v) is 3.78. The molecule has 2 aromatic rings. The molecule has 33 heavy (non-hydrogen) atoms. The Kier molecular flexibility index (Phi) is 5.78. The summed E-state index contributed by atoms with van der Waals surface area (Å²) in [4.78, 5) is 34.4. The van der Waals surface area contributed by atoms with Crippen molar-refractivity contribution in [3.05, 3.63) is 47.8 Å². The van der Waals surface area contributed by atoms with Gasteiger partial charge in [-0.1, -0.05) is 18.2 Å². The number of primary amides is 1. The predicted octanol–water partition coefficient (Wildman–Crippen LogP) is 1.97. The van der Waals surface area contributed by atoms with Crippen LogP contribution >= 0.6 is 0 Å². The summed E-state index contributed by atoms with van der Waals surface area (Å²) in [7, 11) is 0. The lowest BCUT2D eigenvalue weighted by Crippen LogP contribution is -2.54. The van der Waals surface area contributed by atoms with Crippen LogP contribution in [0.2, 0.25) is 0 Å². The fourth-order valence-electron chi connectivity index (χ4n) is 3.78. The summed E-state index contributed by atoms with van der Waals surface area (Å²) in [6.07, 6.45) is -4.03. The minimum absolute atomic E-state index is 0.0159. The molecule has 0 aliphatic carbocycles. The van der Waals surface area contributed by atoms with E-state index in [9.17, 15) is 22.8 Å². The average Bonchev–Trinajstić information content (AvgIpc) is 2.78. The van der Waals surface area contributed by atoms with Crippen molar-refractivity contribution in [2.45, 2.75) is 18.3 Å². The molecule has 4 rings (SSSR count). The summed E-state index contributed by atoms with van der Waals surface area (Å²) in [5.41, 5.74) is -0.0407. The summed E-state index contributed by atoms with van der Waals surface area (Å²) in [6.45, 7) is 2.40. The first-order valence-electron chi connectivity index (χ1n) is 9.96. The number of morpholine rings is 1. The molecule has 1 aromatic carbocycles. The maximum Gasteiger partial charge on any atom is 0.427 e. The first-order valence-corrected chi connectivity index (χ1v) is 9.96. The molecule has 1 aromatic heterocycles. The molecule has 1 fully saturated rings. The topological polar surface area (TPSA) is 110 Å². The molecule has 2 amide bonds. The third-order valence-corrected chi connectivity index (χ3v) is 5.43. The third-order valence-electron chi connectivity index (χ3n) is 5.43. The van der Waals surface area contributed by atoms with Gasteiger partial charge in [-0.3, -0.25) is 9.59 Å². The Labute approximate surface area is 185 Å². The zero-order valence-corrected chi connectivity index (χ0v) is 17.2. The number of rotatable bonds is 4. The van der Waals surface area contributed by atoms with E-state index >= 15 is 4.39 Å². The van der Waals surface area contributed by atoms with Crippen LogP contribution < -0.4 is 16.0 Å². The van der Waals surface area contributed by atoms with Gasteiger partial charge >= 0.3 is 6.18 Å². The van der Waals surface area contributed by atoms with Crippen LogP contribution in [0.1, 0.15) is 12.0 Å². The van der Waals surface area contributed by atoms with Crippen molar-refractivity contribution in [2.75, 3.05) is 31.2 Å². The molecule has 0 radical (unpaired) electrons. The number of alkyl halides is 4. The lowest BCUT2D eigenvalue weighted by atomic mass is 9.84. The molecule has 0 bridgehead atoms. The Hall–Kier alpha value is -3.54. The number of benzene rings is 1. The Morgan fingerprint density at radius 2 is 1.76 bits per heavy atom. The van der Waals surface area contributed by atoms with E-state index < -0.39 is 41.4 Å². The van der Waals surface area contributed by atoms with E-state index in [1.165, 1.54) is 30.6 Å². The van der Waals surface area contributed by atoms with Crippen LogP contribution in [-0.4, -0.2) is 59.9 Å². The van der Waals surface area contributed by atoms with Crippen LogP contribution in [0.25, 0.3) is 16.8 Å². The van der Waals surface area contributed by atoms with Crippen LogP contribution in [0.4, 0.5) is 23.5 Å². The summed E-state index contributed by atoms with van der Waals surface area (Å²) >= 11 is 0. The number of hydrogen-bond acceptors (Lipinski definition) is 6. The zero-order valence-electron chi connectivity index (χ0n) is 17.2. The molecule has 2 aliphatic heterocycles. The van der Waals surface area contributed by atoms with Crippen LogP contribution in [0.3, 0.4) is 0 Å². The highest BCUT2D eigenvalue weighted by Crippen LogP contribution is 2.46. The molecular weight excluding hydrogens is 446 g/mol. The highest BCUT2D eigenvalue weighted by molar-refractivity contribution is 6.08. The lowest BCUT2D eigenvalue weighted by molar-refractivity contribution is -0.219.